The lowest BCUT2D eigenvalue weighted by atomic mass is 10.1. The summed E-state index contributed by atoms with van der Waals surface area (Å²) in [5.74, 6) is -1.01. The summed E-state index contributed by atoms with van der Waals surface area (Å²) in [4.78, 5) is 24.5. The number of aromatic carboxylic acids is 1. The maximum absolute atomic E-state index is 11.9. The molecule has 1 amide bonds. The van der Waals surface area contributed by atoms with Gasteiger partial charge in [-0.1, -0.05) is 0 Å². The van der Waals surface area contributed by atoms with Gasteiger partial charge in [-0.25, -0.2) is 4.79 Å². The fourth-order valence-corrected chi connectivity index (χ4v) is 2.09. The van der Waals surface area contributed by atoms with E-state index in [1.807, 2.05) is 0 Å². The Morgan fingerprint density at radius 3 is 2.63 bits per heavy atom. The van der Waals surface area contributed by atoms with Crippen LogP contribution in [0.15, 0.2) is 18.2 Å². The van der Waals surface area contributed by atoms with E-state index in [-0.39, 0.29) is 18.0 Å². The Kier molecular flexibility index (Phi) is 3.89. The van der Waals surface area contributed by atoms with E-state index in [0.717, 1.165) is 25.9 Å². The summed E-state index contributed by atoms with van der Waals surface area (Å²) in [5, 5.41) is 11.8. The molecule has 0 radical (unpaired) electrons. The number of benzene rings is 1. The van der Waals surface area contributed by atoms with Crippen LogP contribution < -0.4 is 11.1 Å². The topological polar surface area (TPSA) is 95.7 Å². The number of amides is 1. The molecule has 2 rings (SSSR count). The summed E-state index contributed by atoms with van der Waals surface area (Å²) in [6.07, 6.45) is 2.09. The number of carbonyl (C=O) groups is 2. The number of nitrogens with zero attached hydrogens (tertiary/aromatic N) is 1. The summed E-state index contributed by atoms with van der Waals surface area (Å²) in [6.45, 7) is 1.73. The van der Waals surface area contributed by atoms with Crippen molar-refractivity contribution in [3.05, 3.63) is 23.8 Å². The van der Waals surface area contributed by atoms with Crippen molar-refractivity contribution in [2.75, 3.05) is 30.7 Å². The second kappa shape index (κ2) is 5.60. The van der Waals surface area contributed by atoms with Gasteiger partial charge in [0.05, 0.1) is 23.5 Å². The van der Waals surface area contributed by atoms with Crippen LogP contribution in [0.1, 0.15) is 23.2 Å². The molecule has 0 aromatic heterocycles. The zero-order valence-electron chi connectivity index (χ0n) is 10.6. The number of carbonyl (C=O) groups excluding carboxylic acids is 1. The Morgan fingerprint density at radius 2 is 2.00 bits per heavy atom. The number of hydrogen-bond acceptors (Lipinski definition) is 4. The number of rotatable bonds is 4. The number of carboxylic acid groups (broad SMARTS) is 1. The smallest absolute Gasteiger partial charge is 0.335 e. The molecule has 1 aliphatic rings. The highest BCUT2D eigenvalue weighted by Crippen LogP contribution is 2.20. The van der Waals surface area contributed by atoms with Crippen molar-refractivity contribution >= 4 is 23.3 Å². The van der Waals surface area contributed by atoms with Gasteiger partial charge < -0.3 is 21.1 Å². The molecule has 4 N–H and O–H groups in total. The van der Waals surface area contributed by atoms with Gasteiger partial charge in [-0.05, 0) is 31.0 Å². The molecule has 0 bridgehead atoms. The lowest BCUT2D eigenvalue weighted by molar-refractivity contribution is -0.128. The van der Waals surface area contributed by atoms with Crippen LogP contribution in [0, 0.1) is 0 Å². The van der Waals surface area contributed by atoms with E-state index in [4.69, 9.17) is 10.8 Å². The fraction of sp³-hybridized carbons (Fsp3) is 0.385. The molecular formula is C13H17N3O3. The van der Waals surface area contributed by atoms with Crippen LogP contribution in [0.4, 0.5) is 11.4 Å². The maximum atomic E-state index is 11.9. The van der Waals surface area contributed by atoms with Crippen molar-refractivity contribution in [1.82, 2.24) is 4.90 Å². The van der Waals surface area contributed by atoms with Crippen LogP contribution in [-0.4, -0.2) is 41.5 Å². The normalized spacial score (nSPS) is 14.4. The molecule has 0 saturated carbocycles. The van der Waals surface area contributed by atoms with Crippen molar-refractivity contribution in [2.45, 2.75) is 12.8 Å². The Hall–Kier alpha value is -2.24. The molecule has 1 aromatic rings. The monoisotopic (exact) mass is 263 g/mol. The van der Waals surface area contributed by atoms with Gasteiger partial charge in [-0.15, -0.1) is 0 Å². The van der Waals surface area contributed by atoms with E-state index in [2.05, 4.69) is 5.32 Å². The van der Waals surface area contributed by atoms with E-state index in [0.29, 0.717) is 11.4 Å². The molecule has 102 valence electrons. The summed E-state index contributed by atoms with van der Waals surface area (Å²) >= 11 is 0. The minimum absolute atomic E-state index is 0.0117. The molecule has 1 heterocycles. The van der Waals surface area contributed by atoms with E-state index in [1.54, 1.807) is 4.90 Å². The minimum atomic E-state index is -1.02. The first kappa shape index (κ1) is 13.2. The van der Waals surface area contributed by atoms with Gasteiger partial charge in [-0.3, -0.25) is 4.79 Å². The quantitative estimate of drug-likeness (QED) is 0.704. The second-order valence-electron chi connectivity index (χ2n) is 4.55. The highest BCUT2D eigenvalue weighted by molar-refractivity contribution is 5.91. The molecule has 19 heavy (non-hydrogen) atoms. The van der Waals surface area contributed by atoms with E-state index >= 15 is 0 Å². The summed E-state index contributed by atoms with van der Waals surface area (Å²) < 4.78 is 0. The third-order valence-corrected chi connectivity index (χ3v) is 3.19. The molecule has 1 saturated heterocycles. The molecular weight excluding hydrogens is 246 g/mol. The van der Waals surface area contributed by atoms with Crippen LogP contribution in [0.2, 0.25) is 0 Å². The largest absolute Gasteiger partial charge is 0.478 e. The Labute approximate surface area is 111 Å². The molecule has 0 atom stereocenters. The Morgan fingerprint density at radius 1 is 1.32 bits per heavy atom. The van der Waals surface area contributed by atoms with Crippen LogP contribution in [-0.2, 0) is 4.79 Å². The first-order chi connectivity index (χ1) is 9.08. The third kappa shape index (κ3) is 3.15. The molecule has 6 heteroatoms. The van der Waals surface area contributed by atoms with E-state index in [1.165, 1.54) is 18.2 Å². The summed E-state index contributed by atoms with van der Waals surface area (Å²) in [6, 6.07) is 4.40. The van der Waals surface area contributed by atoms with Crippen LogP contribution in [0.25, 0.3) is 0 Å². The standard InChI is InChI=1S/C13H17N3O3/c14-10-4-3-9(13(18)19)7-11(10)15-8-12(17)16-5-1-2-6-16/h3-4,7,15H,1-2,5-6,8,14H2,(H,18,19). The van der Waals surface area contributed by atoms with Crippen LogP contribution in [0.5, 0.6) is 0 Å². The maximum Gasteiger partial charge on any atom is 0.335 e. The summed E-state index contributed by atoms with van der Waals surface area (Å²) in [7, 11) is 0. The predicted octanol–water partition coefficient (Wildman–Crippen LogP) is 1.00. The molecule has 1 aliphatic heterocycles. The van der Waals surface area contributed by atoms with Crippen molar-refractivity contribution in [3.8, 4) is 0 Å². The summed E-state index contributed by atoms with van der Waals surface area (Å²) in [5.41, 5.74) is 6.80. The Bertz CT molecular complexity index is 496. The molecule has 0 aliphatic carbocycles. The molecule has 1 fully saturated rings. The SMILES string of the molecule is Nc1ccc(C(=O)O)cc1NCC(=O)N1CCCC1. The average Bonchev–Trinajstić information content (AvgIpc) is 2.91. The lowest BCUT2D eigenvalue weighted by Crippen LogP contribution is -2.33. The number of carboxylic acids is 1. The van der Waals surface area contributed by atoms with E-state index in [9.17, 15) is 9.59 Å². The number of nitrogens with one attached hydrogen (secondary N) is 1. The highest BCUT2D eigenvalue weighted by atomic mass is 16.4. The molecule has 1 aromatic carbocycles. The lowest BCUT2D eigenvalue weighted by Gasteiger charge is -2.16. The number of anilines is 2. The average molecular weight is 263 g/mol. The molecule has 0 unspecified atom stereocenters. The predicted molar refractivity (Wildman–Crippen MR) is 72.1 cm³/mol. The van der Waals surface area contributed by atoms with Gasteiger partial charge in [0.25, 0.3) is 0 Å². The van der Waals surface area contributed by atoms with Gasteiger partial charge in [0.15, 0.2) is 0 Å². The molecule has 0 spiro atoms. The Balaban J connectivity index is 2.00. The van der Waals surface area contributed by atoms with Crippen molar-refractivity contribution in [2.24, 2.45) is 0 Å². The first-order valence-corrected chi connectivity index (χ1v) is 6.22. The third-order valence-electron chi connectivity index (χ3n) is 3.19. The number of nitrogen functional groups attached to an aromatic ring is 1. The first-order valence-electron chi connectivity index (χ1n) is 6.22. The zero-order chi connectivity index (χ0) is 13.8. The van der Waals surface area contributed by atoms with Gasteiger partial charge in [-0.2, -0.15) is 0 Å². The fourth-order valence-electron chi connectivity index (χ4n) is 2.09. The zero-order valence-corrected chi connectivity index (χ0v) is 10.6. The van der Waals surface area contributed by atoms with Crippen molar-refractivity contribution in [3.63, 3.8) is 0 Å². The highest BCUT2D eigenvalue weighted by Gasteiger charge is 2.17. The van der Waals surface area contributed by atoms with Gasteiger partial charge >= 0.3 is 5.97 Å². The van der Waals surface area contributed by atoms with Crippen molar-refractivity contribution < 1.29 is 14.7 Å². The number of likely N-dealkylation sites (tertiary alicyclic amines) is 1. The minimum Gasteiger partial charge on any atom is -0.478 e. The van der Waals surface area contributed by atoms with Gasteiger partial charge in [0, 0.05) is 13.1 Å². The van der Waals surface area contributed by atoms with Crippen molar-refractivity contribution in [1.29, 1.82) is 0 Å². The van der Waals surface area contributed by atoms with Gasteiger partial charge in [0.2, 0.25) is 5.91 Å². The number of nitrogens with two attached hydrogens (primary N) is 1. The number of hydrogen-bond donors (Lipinski definition) is 3. The van der Waals surface area contributed by atoms with Crippen LogP contribution in [0.3, 0.4) is 0 Å². The van der Waals surface area contributed by atoms with Crippen LogP contribution >= 0.6 is 0 Å². The van der Waals surface area contributed by atoms with Gasteiger partial charge in [0.1, 0.15) is 0 Å². The second-order valence-corrected chi connectivity index (χ2v) is 4.55. The van der Waals surface area contributed by atoms with E-state index < -0.39 is 5.97 Å². The molecule has 6 nitrogen and oxygen atoms in total.